The molecule has 0 radical (unpaired) electrons. The quantitative estimate of drug-likeness (QED) is 0.407. The molecule has 8 heavy (non-hydrogen) atoms. The van der Waals surface area contributed by atoms with E-state index >= 15 is 0 Å². The largest absolute Gasteiger partial charge is 0.123 e. The molecular weight excluding hydrogens is 120 g/mol. The molecule has 1 heteroatoms. The molecule has 0 aromatic rings. The number of hydrogen-bond donors (Lipinski definition) is 0. The van der Waals surface area contributed by atoms with Gasteiger partial charge in [-0.05, 0) is 13.3 Å². The summed E-state index contributed by atoms with van der Waals surface area (Å²) in [4.78, 5) is 0. The summed E-state index contributed by atoms with van der Waals surface area (Å²) in [6.07, 6.45) is 6.58. The molecule has 0 spiro atoms. The zero-order valence-electron chi connectivity index (χ0n) is 5.10. The van der Waals surface area contributed by atoms with E-state index in [0.717, 1.165) is 6.42 Å². The summed E-state index contributed by atoms with van der Waals surface area (Å²) in [5, 5.41) is 0.242. The van der Waals surface area contributed by atoms with Gasteiger partial charge >= 0.3 is 0 Å². The normalized spacial score (nSPS) is 14.2. The highest BCUT2D eigenvalue weighted by Crippen LogP contribution is 1.99. The van der Waals surface area contributed by atoms with Crippen LogP contribution in [0, 0.1) is 0 Å². The predicted octanol–water partition coefficient (Wildman–Crippen LogP) is 2.75. The molecule has 0 aromatic carbocycles. The highest BCUT2D eigenvalue weighted by atomic mass is 35.5. The minimum Gasteiger partial charge on any atom is -0.123 e. The Labute approximate surface area is 55.9 Å². The zero-order valence-corrected chi connectivity index (χ0v) is 5.86. The fraction of sp³-hybridized carbons (Fsp3) is 0.429. The first kappa shape index (κ1) is 7.77. The van der Waals surface area contributed by atoms with E-state index in [1.165, 1.54) is 0 Å². The molecule has 0 nitrogen and oxygen atoms in total. The molecule has 0 N–H and O–H groups in total. The Hall–Kier alpha value is -0.230. The van der Waals surface area contributed by atoms with E-state index in [0.29, 0.717) is 0 Å². The molecular formula is C7H11Cl. The number of halogens is 1. The van der Waals surface area contributed by atoms with E-state index in [1.54, 1.807) is 6.08 Å². The van der Waals surface area contributed by atoms with E-state index in [2.05, 4.69) is 6.58 Å². The summed E-state index contributed by atoms with van der Waals surface area (Å²) in [6.45, 7) is 5.49. The van der Waals surface area contributed by atoms with Crippen LogP contribution in [0.25, 0.3) is 0 Å². The van der Waals surface area contributed by atoms with Gasteiger partial charge in [-0.2, -0.15) is 0 Å². The van der Waals surface area contributed by atoms with Gasteiger partial charge in [0, 0.05) is 5.38 Å². The predicted molar refractivity (Wildman–Crippen MR) is 39.3 cm³/mol. The second-order valence-corrected chi connectivity index (χ2v) is 2.43. The van der Waals surface area contributed by atoms with E-state index in [-0.39, 0.29) is 5.38 Å². The Morgan fingerprint density at radius 2 is 2.38 bits per heavy atom. The van der Waals surface area contributed by atoms with Gasteiger partial charge in [0.25, 0.3) is 0 Å². The van der Waals surface area contributed by atoms with E-state index in [1.807, 2.05) is 19.1 Å². The minimum absolute atomic E-state index is 0.242. The number of hydrogen-bond acceptors (Lipinski definition) is 0. The van der Waals surface area contributed by atoms with E-state index < -0.39 is 0 Å². The van der Waals surface area contributed by atoms with Gasteiger partial charge in [-0.3, -0.25) is 0 Å². The molecule has 1 unspecified atom stereocenters. The van der Waals surface area contributed by atoms with Crippen LogP contribution in [0.2, 0.25) is 0 Å². The van der Waals surface area contributed by atoms with Crippen molar-refractivity contribution in [2.75, 3.05) is 0 Å². The van der Waals surface area contributed by atoms with Crippen LogP contribution >= 0.6 is 11.6 Å². The van der Waals surface area contributed by atoms with Gasteiger partial charge in [0.2, 0.25) is 0 Å². The zero-order chi connectivity index (χ0) is 6.41. The van der Waals surface area contributed by atoms with Crippen molar-refractivity contribution in [3.05, 3.63) is 24.8 Å². The molecule has 0 saturated carbocycles. The van der Waals surface area contributed by atoms with Crippen molar-refractivity contribution in [1.82, 2.24) is 0 Å². The third-order valence-corrected chi connectivity index (χ3v) is 0.911. The highest BCUT2D eigenvalue weighted by Gasteiger charge is 1.87. The standard InChI is InChI=1S/C7H11Cl/c1-3-4-5-6-7(2)8/h3-5,7H,1,6H2,2H3/b5-4-. The molecule has 1 atom stereocenters. The van der Waals surface area contributed by atoms with Crippen LogP contribution in [0.1, 0.15) is 13.3 Å². The lowest BCUT2D eigenvalue weighted by atomic mass is 10.3. The Morgan fingerprint density at radius 3 is 2.75 bits per heavy atom. The average molecular weight is 131 g/mol. The van der Waals surface area contributed by atoms with Gasteiger partial charge in [-0.15, -0.1) is 11.6 Å². The molecule has 0 rings (SSSR count). The molecule has 0 fully saturated rings. The Morgan fingerprint density at radius 1 is 1.75 bits per heavy atom. The van der Waals surface area contributed by atoms with Crippen LogP contribution in [-0.4, -0.2) is 5.38 Å². The Balaban J connectivity index is 3.15. The molecule has 0 amide bonds. The number of rotatable bonds is 3. The first-order valence-electron chi connectivity index (χ1n) is 2.69. The van der Waals surface area contributed by atoms with E-state index in [4.69, 9.17) is 11.6 Å². The van der Waals surface area contributed by atoms with Crippen LogP contribution < -0.4 is 0 Å². The fourth-order valence-electron chi connectivity index (χ4n) is 0.362. The lowest BCUT2D eigenvalue weighted by molar-refractivity contribution is 0.969. The molecule has 0 heterocycles. The van der Waals surface area contributed by atoms with Crippen molar-refractivity contribution >= 4 is 11.6 Å². The van der Waals surface area contributed by atoms with Crippen molar-refractivity contribution in [2.24, 2.45) is 0 Å². The minimum atomic E-state index is 0.242. The number of alkyl halides is 1. The van der Waals surface area contributed by atoms with Crippen LogP contribution in [-0.2, 0) is 0 Å². The maximum Gasteiger partial charge on any atom is 0.0342 e. The maximum absolute atomic E-state index is 5.63. The lowest BCUT2D eigenvalue weighted by Crippen LogP contribution is -1.84. The molecule has 0 saturated heterocycles. The van der Waals surface area contributed by atoms with Crippen LogP contribution in [0.15, 0.2) is 24.8 Å². The second kappa shape index (κ2) is 4.92. The van der Waals surface area contributed by atoms with Gasteiger partial charge in [-0.25, -0.2) is 0 Å². The van der Waals surface area contributed by atoms with Gasteiger partial charge < -0.3 is 0 Å². The Kier molecular flexibility index (Phi) is 4.78. The summed E-state index contributed by atoms with van der Waals surface area (Å²) in [5.74, 6) is 0. The van der Waals surface area contributed by atoms with Crippen molar-refractivity contribution in [2.45, 2.75) is 18.7 Å². The Bertz CT molecular complexity index is 82.4. The van der Waals surface area contributed by atoms with Gasteiger partial charge in [0.05, 0.1) is 0 Å². The van der Waals surface area contributed by atoms with E-state index in [9.17, 15) is 0 Å². The van der Waals surface area contributed by atoms with Crippen molar-refractivity contribution in [3.8, 4) is 0 Å². The maximum atomic E-state index is 5.63. The first-order chi connectivity index (χ1) is 3.77. The van der Waals surface area contributed by atoms with Gasteiger partial charge in [0.1, 0.15) is 0 Å². The molecule has 0 aliphatic carbocycles. The topological polar surface area (TPSA) is 0 Å². The summed E-state index contributed by atoms with van der Waals surface area (Å²) in [5.41, 5.74) is 0. The first-order valence-corrected chi connectivity index (χ1v) is 3.12. The van der Waals surface area contributed by atoms with Gasteiger partial charge in [-0.1, -0.05) is 24.8 Å². The van der Waals surface area contributed by atoms with Crippen molar-refractivity contribution in [1.29, 1.82) is 0 Å². The molecule has 0 aromatic heterocycles. The monoisotopic (exact) mass is 130 g/mol. The van der Waals surface area contributed by atoms with Crippen LogP contribution in [0.5, 0.6) is 0 Å². The summed E-state index contributed by atoms with van der Waals surface area (Å²) < 4.78 is 0. The highest BCUT2D eigenvalue weighted by molar-refractivity contribution is 6.20. The fourth-order valence-corrected chi connectivity index (χ4v) is 0.465. The summed E-state index contributed by atoms with van der Waals surface area (Å²) in [6, 6.07) is 0. The average Bonchev–Trinajstić information content (AvgIpc) is 1.66. The SMILES string of the molecule is C=C/C=C\CC(C)Cl. The lowest BCUT2D eigenvalue weighted by Gasteiger charge is -1.91. The molecule has 0 aliphatic rings. The number of allylic oxidation sites excluding steroid dienone is 3. The van der Waals surface area contributed by atoms with Crippen LogP contribution in [0.4, 0.5) is 0 Å². The van der Waals surface area contributed by atoms with Crippen molar-refractivity contribution in [3.63, 3.8) is 0 Å². The summed E-state index contributed by atoms with van der Waals surface area (Å²) >= 11 is 5.63. The van der Waals surface area contributed by atoms with Gasteiger partial charge in [0.15, 0.2) is 0 Å². The summed E-state index contributed by atoms with van der Waals surface area (Å²) in [7, 11) is 0. The smallest absolute Gasteiger partial charge is 0.0342 e. The molecule has 0 aliphatic heterocycles. The van der Waals surface area contributed by atoms with Crippen molar-refractivity contribution < 1.29 is 0 Å². The third-order valence-electron chi connectivity index (χ3n) is 0.733. The molecule has 0 bridgehead atoms. The van der Waals surface area contributed by atoms with Crippen LogP contribution in [0.3, 0.4) is 0 Å². The second-order valence-electron chi connectivity index (χ2n) is 1.68. The third kappa shape index (κ3) is 5.77. The molecule has 46 valence electrons.